The van der Waals surface area contributed by atoms with Crippen LogP contribution >= 0.6 is 11.3 Å². The second-order valence-corrected chi connectivity index (χ2v) is 5.14. The van der Waals surface area contributed by atoms with Crippen LogP contribution in [0.15, 0.2) is 0 Å². The number of hydrogen-bond donors (Lipinski definition) is 1. The van der Waals surface area contributed by atoms with Crippen molar-refractivity contribution in [2.45, 2.75) is 32.8 Å². The molecule has 5 nitrogen and oxygen atoms in total. The van der Waals surface area contributed by atoms with E-state index in [9.17, 15) is 0 Å². The van der Waals surface area contributed by atoms with Gasteiger partial charge in [-0.1, -0.05) is 18.3 Å². The van der Waals surface area contributed by atoms with Crippen LogP contribution in [-0.4, -0.2) is 43.6 Å². The van der Waals surface area contributed by atoms with Gasteiger partial charge in [0, 0.05) is 13.5 Å². The van der Waals surface area contributed by atoms with Crippen LogP contribution in [0.2, 0.25) is 0 Å². The summed E-state index contributed by atoms with van der Waals surface area (Å²) in [6, 6.07) is 0. The van der Waals surface area contributed by atoms with E-state index in [-0.39, 0.29) is 0 Å². The van der Waals surface area contributed by atoms with Gasteiger partial charge in [0.25, 0.3) is 0 Å². The lowest BCUT2D eigenvalue weighted by Gasteiger charge is -2.00. The highest BCUT2D eigenvalue weighted by atomic mass is 32.1. The Kier molecular flexibility index (Phi) is 8.93. The Morgan fingerprint density at radius 3 is 2.78 bits per heavy atom. The van der Waals surface area contributed by atoms with Crippen molar-refractivity contribution < 1.29 is 9.47 Å². The Morgan fingerprint density at radius 1 is 1.17 bits per heavy atom. The summed E-state index contributed by atoms with van der Waals surface area (Å²) in [6.45, 7) is 6.08. The maximum Gasteiger partial charge on any atom is 0.143 e. The van der Waals surface area contributed by atoms with Crippen molar-refractivity contribution in [2.75, 3.05) is 33.4 Å². The van der Waals surface area contributed by atoms with E-state index in [4.69, 9.17) is 9.47 Å². The number of nitrogens with zero attached hydrogens (tertiary/aromatic N) is 2. The van der Waals surface area contributed by atoms with E-state index in [1.54, 1.807) is 18.4 Å². The summed E-state index contributed by atoms with van der Waals surface area (Å²) in [5.74, 6) is 0. The molecule has 1 aromatic heterocycles. The van der Waals surface area contributed by atoms with Crippen LogP contribution < -0.4 is 5.32 Å². The van der Waals surface area contributed by atoms with Gasteiger partial charge in [0.1, 0.15) is 16.6 Å². The van der Waals surface area contributed by atoms with Crippen molar-refractivity contribution in [2.24, 2.45) is 0 Å². The molecule has 0 aliphatic rings. The van der Waals surface area contributed by atoms with E-state index >= 15 is 0 Å². The third-order valence-electron chi connectivity index (χ3n) is 2.34. The smallest absolute Gasteiger partial charge is 0.143 e. The Hall–Kier alpha value is -0.560. The van der Waals surface area contributed by atoms with Gasteiger partial charge in [0.2, 0.25) is 0 Å². The molecule has 0 fully saturated rings. The molecule has 1 rings (SSSR count). The first-order valence-electron chi connectivity index (χ1n) is 6.45. The van der Waals surface area contributed by atoms with E-state index in [1.807, 2.05) is 0 Å². The minimum absolute atomic E-state index is 0.537. The highest BCUT2D eigenvalue weighted by molar-refractivity contribution is 7.11. The molecule has 0 atom stereocenters. The van der Waals surface area contributed by atoms with Gasteiger partial charge in [-0.15, -0.1) is 10.2 Å². The lowest BCUT2D eigenvalue weighted by atomic mass is 10.3. The van der Waals surface area contributed by atoms with Gasteiger partial charge in [-0.2, -0.15) is 0 Å². The van der Waals surface area contributed by atoms with E-state index in [0.29, 0.717) is 19.8 Å². The van der Waals surface area contributed by atoms with Crippen LogP contribution in [0.4, 0.5) is 0 Å². The maximum atomic E-state index is 5.40. The van der Waals surface area contributed by atoms with Crippen molar-refractivity contribution in [1.29, 1.82) is 0 Å². The summed E-state index contributed by atoms with van der Waals surface area (Å²) in [6.07, 6.45) is 3.29. The highest BCUT2D eigenvalue weighted by Crippen LogP contribution is 2.12. The van der Waals surface area contributed by atoms with Crippen molar-refractivity contribution >= 4 is 11.3 Å². The zero-order valence-electron chi connectivity index (χ0n) is 11.3. The molecule has 0 radical (unpaired) electrons. The minimum Gasteiger partial charge on any atom is -0.382 e. The molecule has 0 saturated carbocycles. The Bertz CT molecular complexity index is 307. The van der Waals surface area contributed by atoms with Gasteiger partial charge < -0.3 is 14.8 Å². The third-order valence-corrected chi connectivity index (χ3v) is 3.29. The molecule has 0 aliphatic heterocycles. The molecule has 18 heavy (non-hydrogen) atoms. The largest absolute Gasteiger partial charge is 0.382 e. The second-order valence-electron chi connectivity index (χ2n) is 3.99. The maximum absolute atomic E-state index is 5.40. The van der Waals surface area contributed by atoms with E-state index in [0.717, 1.165) is 35.9 Å². The molecule has 104 valence electrons. The van der Waals surface area contributed by atoms with Crippen LogP contribution in [0.1, 0.15) is 29.8 Å². The second kappa shape index (κ2) is 10.4. The summed E-state index contributed by atoms with van der Waals surface area (Å²) in [5, 5.41) is 13.7. The molecule has 0 spiro atoms. The SMILES string of the molecule is CCCNCCCc1nnc(COCCOC)s1. The molecule has 1 aromatic rings. The predicted octanol–water partition coefficient (Wildman–Crippen LogP) is 1.63. The van der Waals surface area contributed by atoms with Gasteiger partial charge in [-0.05, 0) is 25.9 Å². The van der Waals surface area contributed by atoms with Crippen molar-refractivity contribution in [3.8, 4) is 0 Å². The monoisotopic (exact) mass is 273 g/mol. The fourth-order valence-corrected chi connectivity index (χ4v) is 2.24. The molecule has 6 heteroatoms. The first-order chi connectivity index (χ1) is 8.86. The van der Waals surface area contributed by atoms with Crippen molar-refractivity contribution in [3.05, 3.63) is 10.0 Å². The van der Waals surface area contributed by atoms with E-state index in [1.165, 1.54) is 6.42 Å². The molecule has 0 bridgehead atoms. The topological polar surface area (TPSA) is 56.3 Å². The fourth-order valence-electron chi connectivity index (χ4n) is 1.42. The molecular weight excluding hydrogens is 250 g/mol. The number of ether oxygens (including phenoxy) is 2. The van der Waals surface area contributed by atoms with Gasteiger partial charge in [0.15, 0.2) is 0 Å². The molecule has 1 N–H and O–H groups in total. The lowest BCUT2D eigenvalue weighted by molar-refractivity contribution is 0.0613. The number of hydrogen-bond acceptors (Lipinski definition) is 6. The molecule has 0 aromatic carbocycles. The quantitative estimate of drug-likeness (QED) is 0.621. The lowest BCUT2D eigenvalue weighted by Crippen LogP contribution is -2.16. The van der Waals surface area contributed by atoms with Crippen molar-refractivity contribution in [3.63, 3.8) is 0 Å². The van der Waals surface area contributed by atoms with Crippen LogP contribution in [0, 0.1) is 0 Å². The van der Waals surface area contributed by atoms with Crippen LogP contribution in [0.25, 0.3) is 0 Å². The normalized spacial score (nSPS) is 11.0. The highest BCUT2D eigenvalue weighted by Gasteiger charge is 2.03. The Morgan fingerprint density at radius 2 is 2.00 bits per heavy atom. The molecular formula is C12H23N3O2S. The molecule has 0 amide bonds. The first-order valence-corrected chi connectivity index (χ1v) is 7.27. The van der Waals surface area contributed by atoms with Crippen LogP contribution in [-0.2, 0) is 22.5 Å². The molecule has 1 heterocycles. The van der Waals surface area contributed by atoms with Crippen LogP contribution in [0.3, 0.4) is 0 Å². The average Bonchev–Trinajstić information content (AvgIpc) is 2.82. The number of aryl methyl sites for hydroxylation is 1. The van der Waals surface area contributed by atoms with Gasteiger partial charge in [-0.25, -0.2) is 0 Å². The number of rotatable bonds is 11. The number of methoxy groups -OCH3 is 1. The number of nitrogens with one attached hydrogen (secondary N) is 1. The van der Waals surface area contributed by atoms with E-state index in [2.05, 4.69) is 22.4 Å². The summed E-state index contributed by atoms with van der Waals surface area (Å²) in [4.78, 5) is 0. The predicted molar refractivity (Wildman–Crippen MR) is 72.9 cm³/mol. The number of aromatic nitrogens is 2. The molecule has 0 saturated heterocycles. The minimum atomic E-state index is 0.537. The fraction of sp³-hybridized carbons (Fsp3) is 0.833. The van der Waals surface area contributed by atoms with Gasteiger partial charge in [-0.3, -0.25) is 0 Å². The molecule has 0 aliphatic carbocycles. The summed E-state index contributed by atoms with van der Waals surface area (Å²) >= 11 is 1.64. The summed E-state index contributed by atoms with van der Waals surface area (Å²) in [5.41, 5.74) is 0. The zero-order chi connectivity index (χ0) is 13.1. The molecule has 0 unspecified atom stereocenters. The summed E-state index contributed by atoms with van der Waals surface area (Å²) in [7, 11) is 1.67. The van der Waals surface area contributed by atoms with E-state index < -0.39 is 0 Å². The third kappa shape index (κ3) is 7.00. The zero-order valence-corrected chi connectivity index (χ0v) is 12.1. The van der Waals surface area contributed by atoms with Crippen molar-refractivity contribution in [1.82, 2.24) is 15.5 Å². The Balaban J connectivity index is 2.10. The van der Waals surface area contributed by atoms with Gasteiger partial charge in [0.05, 0.1) is 13.2 Å². The average molecular weight is 273 g/mol. The van der Waals surface area contributed by atoms with Crippen LogP contribution in [0.5, 0.6) is 0 Å². The standard InChI is InChI=1S/C12H23N3O2S/c1-3-6-13-7-4-5-11-14-15-12(18-11)10-17-9-8-16-2/h13H,3-10H2,1-2H3. The summed E-state index contributed by atoms with van der Waals surface area (Å²) < 4.78 is 10.3. The Labute approximate surface area is 113 Å². The van der Waals surface area contributed by atoms with Gasteiger partial charge >= 0.3 is 0 Å². The first kappa shape index (κ1) is 15.5.